The van der Waals surface area contributed by atoms with Crippen molar-refractivity contribution in [3.8, 4) is 0 Å². The molecule has 0 unspecified atom stereocenters. The van der Waals surface area contributed by atoms with Gasteiger partial charge in [0.05, 0.1) is 11.4 Å². The van der Waals surface area contributed by atoms with E-state index in [9.17, 15) is 13.2 Å². The Morgan fingerprint density at radius 1 is 1.07 bits per heavy atom. The van der Waals surface area contributed by atoms with Gasteiger partial charge in [0.2, 0.25) is 15.9 Å². The molecule has 1 N–H and O–H groups in total. The van der Waals surface area contributed by atoms with E-state index >= 15 is 0 Å². The molecule has 0 aliphatic carbocycles. The van der Waals surface area contributed by atoms with Crippen LogP contribution in [0.15, 0.2) is 59.5 Å². The molecule has 146 valence electrons. The Morgan fingerprint density at radius 3 is 2.30 bits per heavy atom. The van der Waals surface area contributed by atoms with E-state index in [0.29, 0.717) is 0 Å². The van der Waals surface area contributed by atoms with Crippen LogP contribution in [-0.4, -0.2) is 37.8 Å². The highest BCUT2D eigenvalue weighted by Crippen LogP contribution is 2.16. The minimum Gasteiger partial charge on any atom is -0.352 e. The number of rotatable bonds is 9. The molecule has 0 bridgehead atoms. The van der Waals surface area contributed by atoms with Crippen molar-refractivity contribution in [2.24, 2.45) is 0 Å². The van der Waals surface area contributed by atoms with Gasteiger partial charge in [0.1, 0.15) is 0 Å². The Labute approximate surface area is 162 Å². The van der Waals surface area contributed by atoms with Crippen molar-refractivity contribution < 1.29 is 13.2 Å². The lowest BCUT2D eigenvalue weighted by Gasteiger charge is -2.21. The van der Waals surface area contributed by atoms with Crippen LogP contribution in [0, 0.1) is 6.92 Å². The highest BCUT2D eigenvalue weighted by Gasteiger charge is 2.25. The predicted octanol–water partition coefficient (Wildman–Crippen LogP) is 3.14. The molecule has 2 aromatic carbocycles. The molecule has 0 fully saturated rings. The molecule has 0 saturated carbocycles. The summed E-state index contributed by atoms with van der Waals surface area (Å²) in [6.07, 6.45) is 1.66. The third-order valence-electron chi connectivity index (χ3n) is 4.45. The van der Waals surface area contributed by atoms with Crippen LogP contribution in [0.25, 0.3) is 0 Å². The topological polar surface area (TPSA) is 66.5 Å². The zero-order chi connectivity index (χ0) is 19.9. The van der Waals surface area contributed by atoms with Crippen LogP contribution in [-0.2, 0) is 21.2 Å². The molecule has 0 radical (unpaired) electrons. The fraction of sp³-hybridized carbons (Fsp3) is 0.381. The molecule has 0 heterocycles. The van der Waals surface area contributed by atoms with Gasteiger partial charge in [0.25, 0.3) is 0 Å². The Morgan fingerprint density at radius 2 is 1.70 bits per heavy atom. The second-order valence-corrected chi connectivity index (χ2v) is 8.68. The molecule has 6 heteroatoms. The molecule has 0 saturated heterocycles. The highest BCUT2D eigenvalue weighted by atomic mass is 32.2. The average molecular weight is 389 g/mol. The Hall–Kier alpha value is -2.18. The summed E-state index contributed by atoms with van der Waals surface area (Å²) in [4.78, 5) is 12.6. The third kappa shape index (κ3) is 6.19. The van der Waals surface area contributed by atoms with Gasteiger partial charge < -0.3 is 5.32 Å². The number of carbonyl (C=O) groups is 1. The highest BCUT2D eigenvalue weighted by molar-refractivity contribution is 7.89. The van der Waals surface area contributed by atoms with E-state index in [2.05, 4.69) is 17.4 Å². The fourth-order valence-corrected chi connectivity index (χ4v) is 4.21. The molecule has 2 aromatic rings. The second kappa shape index (κ2) is 9.67. The molecule has 0 aliphatic heterocycles. The van der Waals surface area contributed by atoms with Crippen molar-refractivity contribution in [3.63, 3.8) is 0 Å². The summed E-state index contributed by atoms with van der Waals surface area (Å²) in [5.41, 5.74) is 2.21. The van der Waals surface area contributed by atoms with Crippen LogP contribution in [0.4, 0.5) is 0 Å². The Bertz CT molecular complexity index is 833. The minimum atomic E-state index is -3.68. The summed E-state index contributed by atoms with van der Waals surface area (Å²) in [6, 6.07) is 16.7. The number of likely N-dealkylation sites (N-methyl/N-ethyl adjacent to an activating group) is 1. The lowest BCUT2D eigenvalue weighted by Crippen LogP contribution is -2.43. The first kappa shape index (κ1) is 21.1. The summed E-state index contributed by atoms with van der Waals surface area (Å²) in [6.45, 7) is 5.63. The largest absolute Gasteiger partial charge is 0.352 e. The van der Waals surface area contributed by atoms with E-state index in [1.165, 1.54) is 9.87 Å². The van der Waals surface area contributed by atoms with Crippen molar-refractivity contribution in [2.75, 3.05) is 13.1 Å². The number of aryl methyl sites for hydroxylation is 2. The average Bonchev–Trinajstić information content (AvgIpc) is 2.65. The van der Waals surface area contributed by atoms with Crippen LogP contribution >= 0.6 is 0 Å². The van der Waals surface area contributed by atoms with Gasteiger partial charge in [-0.25, -0.2) is 8.42 Å². The van der Waals surface area contributed by atoms with Crippen molar-refractivity contribution in [2.45, 2.75) is 44.6 Å². The van der Waals surface area contributed by atoms with Crippen molar-refractivity contribution >= 4 is 15.9 Å². The molecule has 5 nitrogen and oxygen atoms in total. The van der Waals surface area contributed by atoms with E-state index in [-0.39, 0.29) is 29.9 Å². The molecule has 0 aliphatic rings. The van der Waals surface area contributed by atoms with Gasteiger partial charge in [-0.15, -0.1) is 0 Å². The normalized spacial score (nSPS) is 12.7. The predicted molar refractivity (Wildman–Crippen MR) is 108 cm³/mol. The monoisotopic (exact) mass is 388 g/mol. The van der Waals surface area contributed by atoms with Gasteiger partial charge in [0, 0.05) is 12.6 Å². The Kier molecular flexibility index (Phi) is 7.56. The number of nitrogens with one attached hydrogen (secondary N) is 1. The van der Waals surface area contributed by atoms with Gasteiger partial charge in [-0.1, -0.05) is 55.0 Å². The van der Waals surface area contributed by atoms with E-state index in [4.69, 9.17) is 0 Å². The van der Waals surface area contributed by atoms with E-state index in [0.717, 1.165) is 18.4 Å². The van der Waals surface area contributed by atoms with Gasteiger partial charge in [0.15, 0.2) is 0 Å². The molecular weight excluding hydrogens is 360 g/mol. The fourth-order valence-electron chi connectivity index (χ4n) is 2.81. The number of amides is 1. The van der Waals surface area contributed by atoms with Gasteiger partial charge in [-0.2, -0.15) is 4.31 Å². The number of hydrogen-bond acceptors (Lipinski definition) is 3. The lowest BCUT2D eigenvalue weighted by atomic mass is 10.1. The molecule has 1 amide bonds. The first-order chi connectivity index (χ1) is 12.8. The zero-order valence-corrected chi connectivity index (χ0v) is 17.0. The van der Waals surface area contributed by atoms with Crippen LogP contribution in [0.5, 0.6) is 0 Å². The molecule has 0 aromatic heterocycles. The van der Waals surface area contributed by atoms with Crippen molar-refractivity contribution in [1.29, 1.82) is 0 Å². The summed E-state index contributed by atoms with van der Waals surface area (Å²) < 4.78 is 26.7. The molecule has 2 rings (SSSR count). The number of carbonyl (C=O) groups excluding carboxylic acids is 1. The maximum atomic E-state index is 12.8. The van der Waals surface area contributed by atoms with Gasteiger partial charge in [-0.3, -0.25) is 4.79 Å². The standard InChI is InChI=1S/C21H28N2O3S/c1-4-23(27(25,26)20-14-10-17(2)11-15-20)16-21(24)22-18(3)12-13-19-8-6-5-7-9-19/h5-11,14-15,18H,4,12-13,16H2,1-3H3,(H,22,24)/t18-/m0/s1. The number of benzene rings is 2. The van der Waals surface area contributed by atoms with Gasteiger partial charge >= 0.3 is 0 Å². The van der Waals surface area contributed by atoms with Crippen LogP contribution in [0.3, 0.4) is 0 Å². The first-order valence-electron chi connectivity index (χ1n) is 9.23. The second-order valence-electron chi connectivity index (χ2n) is 6.74. The number of sulfonamides is 1. The van der Waals surface area contributed by atoms with E-state index in [1.807, 2.05) is 32.0 Å². The summed E-state index contributed by atoms with van der Waals surface area (Å²) in [7, 11) is -3.68. The van der Waals surface area contributed by atoms with E-state index in [1.54, 1.807) is 31.2 Å². The number of nitrogens with zero attached hydrogens (tertiary/aromatic N) is 1. The third-order valence-corrected chi connectivity index (χ3v) is 6.38. The zero-order valence-electron chi connectivity index (χ0n) is 16.2. The van der Waals surface area contributed by atoms with E-state index < -0.39 is 10.0 Å². The van der Waals surface area contributed by atoms with Crippen LogP contribution in [0.1, 0.15) is 31.4 Å². The van der Waals surface area contributed by atoms with Crippen molar-refractivity contribution in [1.82, 2.24) is 9.62 Å². The summed E-state index contributed by atoms with van der Waals surface area (Å²) in [5, 5.41) is 2.90. The van der Waals surface area contributed by atoms with Gasteiger partial charge in [-0.05, 0) is 44.4 Å². The quantitative estimate of drug-likeness (QED) is 0.718. The van der Waals surface area contributed by atoms with Crippen LogP contribution in [0.2, 0.25) is 0 Å². The first-order valence-corrected chi connectivity index (χ1v) is 10.7. The maximum Gasteiger partial charge on any atom is 0.243 e. The SMILES string of the molecule is CCN(CC(=O)N[C@@H](C)CCc1ccccc1)S(=O)(=O)c1ccc(C)cc1. The summed E-state index contributed by atoms with van der Waals surface area (Å²) >= 11 is 0. The molecule has 1 atom stereocenters. The minimum absolute atomic E-state index is 0.0292. The van der Waals surface area contributed by atoms with Crippen LogP contribution < -0.4 is 5.32 Å². The smallest absolute Gasteiger partial charge is 0.243 e. The molecule has 0 spiro atoms. The molecular formula is C21H28N2O3S. The Balaban J connectivity index is 1.92. The molecule has 27 heavy (non-hydrogen) atoms. The maximum absolute atomic E-state index is 12.8. The van der Waals surface area contributed by atoms with Crippen molar-refractivity contribution in [3.05, 3.63) is 65.7 Å². The number of hydrogen-bond donors (Lipinski definition) is 1. The summed E-state index contributed by atoms with van der Waals surface area (Å²) in [5.74, 6) is -0.284. The lowest BCUT2D eigenvalue weighted by molar-refractivity contribution is -0.121.